The molecule has 3 rings (SSSR count). The lowest BCUT2D eigenvalue weighted by Crippen LogP contribution is -2.39. The van der Waals surface area contributed by atoms with Gasteiger partial charge in [-0.15, -0.1) is 16.4 Å². The molecule has 2 aromatic rings. The SMILES string of the molecule is Cc1cc(S(=O)(=O)N2CCC(Cn3cc(CN)nn3)CC2)c(C)s1. The minimum absolute atomic E-state index is 0.385. The van der Waals surface area contributed by atoms with Crippen LogP contribution < -0.4 is 5.73 Å². The number of hydrogen-bond donors (Lipinski definition) is 1. The Balaban J connectivity index is 1.63. The maximum atomic E-state index is 12.8. The first-order chi connectivity index (χ1) is 11.4. The van der Waals surface area contributed by atoms with Gasteiger partial charge < -0.3 is 5.73 Å². The second-order valence-corrected chi connectivity index (χ2v) is 9.63. The highest BCUT2D eigenvalue weighted by molar-refractivity contribution is 7.89. The molecule has 0 atom stereocenters. The number of rotatable bonds is 5. The fourth-order valence-electron chi connectivity index (χ4n) is 3.12. The summed E-state index contributed by atoms with van der Waals surface area (Å²) in [6, 6.07) is 1.78. The number of thiophene rings is 1. The van der Waals surface area contributed by atoms with Crippen LogP contribution in [0.4, 0.5) is 0 Å². The number of hydrogen-bond acceptors (Lipinski definition) is 6. The van der Waals surface area contributed by atoms with E-state index in [4.69, 9.17) is 5.73 Å². The molecule has 1 saturated heterocycles. The average molecular weight is 370 g/mol. The Morgan fingerprint density at radius 3 is 2.58 bits per heavy atom. The highest BCUT2D eigenvalue weighted by Gasteiger charge is 2.31. The van der Waals surface area contributed by atoms with Crippen molar-refractivity contribution in [1.29, 1.82) is 0 Å². The number of aryl methyl sites for hydroxylation is 2. The van der Waals surface area contributed by atoms with Crippen LogP contribution in [-0.4, -0.2) is 40.8 Å². The van der Waals surface area contributed by atoms with Crippen LogP contribution in [0.2, 0.25) is 0 Å². The molecule has 1 aliphatic rings. The summed E-state index contributed by atoms with van der Waals surface area (Å²) in [6.45, 7) is 6.07. The second kappa shape index (κ2) is 6.91. The molecule has 132 valence electrons. The van der Waals surface area contributed by atoms with Crippen LogP contribution >= 0.6 is 11.3 Å². The predicted octanol–water partition coefficient (Wildman–Crippen LogP) is 1.52. The second-order valence-electron chi connectivity index (χ2n) is 6.26. The number of nitrogens with two attached hydrogens (primary N) is 1. The maximum Gasteiger partial charge on any atom is 0.244 e. The maximum absolute atomic E-state index is 12.8. The van der Waals surface area contributed by atoms with E-state index in [1.54, 1.807) is 10.4 Å². The number of aromatic nitrogens is 3. The fourth-order valence-corrected chi connectivity index (χ4v) is 6.11. The third-order valence-corrected chi connectivity index (χ3v) is 7.55. The van der Waals surface area contributed by atoms with Crippen LogP contribution in [0.5, 0.6) is 0 Å². The van der Waals surface area contributed by atoms with E-state index in [0.717, 1.165) is 34.8 Å². The normalized spacial score (nSPS) is 17.5. The Kier molecular flexibility index (Phi) is 5.05. The van der Waals surface area contributed by atoms with Gasteiger partial charge in [-0.1, -0.05) is 5.21 Å². The van der Waals surface area contributed by atoms with Crippen molar-refractivity contribution in [2.75, 3.05) is 13.1 Å². The zero-order chi connectivity index (χ0) is 17.3. The molecule has 0 unspecified atom stereocenters. The van der Waals surface area contributed by atoms with Gasteiger partial charge in [0, 0.05) is 42.1 Å². The highest BCUT2D eigenvalue weighted by Crippen LogP contribution is 2.30. The summed E-state index contributed by atoms with van der Waals surface area (Å²) in [6.07, 6.45) is 3.53. The van der Waals surface area contributed by atoms with E-state index in [-0.39, 0.29) is 0 Å². The summed E-state index contributed by atoms with van der Waals surface area (Å²) in [5, 5.41) is 8.06. The van der Waals surface area contributed by atoms with E-state index >= 15 is 0 Å². The summed E-state index contributed by atoms with van der Waals surface area (Å²) >= 11 is 1.53. The number of sulfonamides is 1. The molecule has 9 heteroatoms. The molecule has 2 aromatic heterocycles. The molecule has 24 heavy (non-hydrogen) atoms. The van der Waals surface area contributed by atoms with Gasteiger partial charge in [0.05, 0.1) is 10.6 Å². The Bertz CT molecular complexity index is 804. The van der Waals surface area contributed by atoms with Crippen LogP contribution in [-0.2, 0) is 23.1 Å². The first-order valence-electron chi connectivity index (χ1n) is 8.06. The van der Waals surface area contributed by atoms with Crippen LogP contribution in [0.15, 0.2) is 17.2 Å². The zero-order valence-electron chi connectivity index (χ0n) is 14.0. The predicted molar refractivity (Wildman–Crippen MR) is 93.2 cm³/mol. The van der Waals surface area contributed by atoms with Gasteiger partial charge in [-0.25, -0.2) is 8.42 Å². The van der Waals surface area contributed by atoms with Crippen molar-refractivity contribution in [2.24, 2.45) is 11.7 Å². The van der Waals surface area contributed by atoms with E-state index in [0.29, 0.717) is 30.4 Å². The smallest absolute Gasteiger partial charge is 0.244 e. The van der Waals surface area contributed by atoms with Crippen molar-refractivity contribution in [3.63, 3.8) is 0 Å². The van der Waals surface area contributed by atoms with E-state index in [2.05, 4.69) is 10.3 Å². The highest BCUT2D eigenvalue weighted by atomic mass is 32.2. The molecule has 0 aromatic carbocycles. The van der Waals surface area contributed by atoms with Gasteiger partial charge >= 0.3 is 0 Å². The van der Waals surface area contributed by atoms with Crippen LogP contribution in [0.25, 0.3) is 0 Å². The molecule has 7 nitrogen and oxygen atoms in total. The first kappa shape index (κ1) is 17.5. The zero-order valence-corrected chi connectivity index (χ0v) is 15.6. The largest absolute Gasteiger partial charge is 0.325 e. The number of nitrogens with zero attached hydrogens (tertiary/aromatic N) is 4. The molecule has 1 aliphatic heterocycles. The van der Waals surface area contributed by atoms with E-state index in [1.165, 1.54) is 11.3 Å². The summed E-state index contributed by atoms with van der Waals surface area (Å²) in [4.78, 5) is 2.36. The topological polar surface area (TPSA) is 94.1 Å². The van der Waals surface area contributed by atoms with Gasteiger partial charge in [-0.2, -0.15) is 4.31 Å². The van der Waals surface area contributed by atoms with Gasteiger partial charge in [-0.3, -0.25) is 4.68 Å². The molecule has 0 radical (unpaired) electrons. The van der Waals surface area contributed by atoms with Crippen molar-refractivity contribution < 1.29 is 8.42 Å². The van der Waals surface area contributed by atoms with Crippen molar-refractivity contribution in [3.8, 4) is 0 Å². The lowest BCUT2D eigenvalue weighted by molar-refractivity contribution is 0.246. The van der Waals surface area contributed by atoms with Gasteiger partial charge in [0.1, 0.15) is 0 Å². The molecule has 2 N–H and O–H groups in total. The minimum Gasteiger partial charge on any atom is -0.325 e. The third-order valence-electron chi connectivity index (χ3n) is 4.43. The Morgan fingerprint density at radius 1 is 1.33 bits per heavy atom. The van der Waals surface area contributed by atoms with Gasteiger partial charge in [0.25, 0.3) is 0 Å². The van der Waals surface area contributed by atoms with E-state index in [1.807, 2.05) is 24.7 Å². The van der Waals surface area contributed by atoms with Crippen molar-refractivity contribution in [2.45, 2.75) is 44.7 Å². The quantitative estimate of drug-likeness (QED) is 0.862. The van der Waals surface area contributed by atoms with Gasteiger partial charge in [-0.05, 0) is 38.7 Å². The number of piperidine rings is 1. The molecular formula is C15H23N5O2S2. The Hall–Kier alpha value is -1.29. The lowest BCUT2D eigenvalue weighted by Gasteiger charge is -2.31. The molecule has 0 amide bonds. The molecule has 0 bridgehead atoms. The van der Waals surface area contributed by atoms with Crippen LogP contribution in [0, 0.1) is 19.8 Å². The molecule has 0 aliphatic carbocycles. The molecule has 1 fully saturated rings. The van der Waals surface area contributed by atoms with E-state index < -0.39 is 10.0 Å². The van der Waals surface area contributed by atoms with Crippen molar-refractivity contribution >= 4 is 21.4 Å². The first-order valence-corrected chi connectivity index (χ1v) is 10.3. The summed E-state index contributed by atoms with van der Waals surface area (Å²) in [5.74, 6) is 0.411. The molecular weight excluding hydrogens is 346 g/mol. The molecule has 3 heterocycles. The Labute approximate surface area is 146 Å². The summed E-state index contributed by atoms with van der Waals surface area (Å²) < 4.78 is 29.1. The average Bonchev–Trinajstić information content (AvgIpc) is 3.14. The van der Waals surface area contributed by atoms with Crippen LogP contribution in [0.1, 0.15) is 28.3 Å². The summed E-state index contributed by atoms with van der Waals surface area (Å²) in [7, 11) is -3.38. The monoisotopic (exact) mass is 369 g/mol. The van der Waals surface area contributed by atoms with Crippen molar-refractivity contribution in [1.82, 2.24) is 19.3 Å². The van der Waals surface area contributed by atoms with Crippen molar-refractivity contribution in [3.05, 3.63) is 27.7 Å². The van der Waals surface area contributed by atoms with E-state index in [9.17, 15) is 8.42 Å². The summed E-state index contributed by atoms with van der Waals surface area (Å²) in [5.41, 5.74) is 6.32. The standard InChI is InChI=1S/C15H23N5O2S2/c1-11-7-15(12(2)23-11)24(21,22)20-5-3-13(4-6-20)9-19-10-14(8-16)17-18-19/h7,10,13H,3-6,8-9,16H2,1-2H3. The molecule has 0 spiro atoms. The van der Waals surface area contributed by atoms with Gasteiger partial charge in [0.15, 0.2) is 0 Å². The molecule has 0 saturated carbocycles. The van der Waals surface area contributed by atoms with Gasteiger partial charge in [0.2, 0.25) is 10.0 Å². The lowest BCUT2D eigenvalue weighted by atomic mass is 9.98. The fraction of sp³-hybridized carbons (Fsp3) is 0.600. The minimum atomic E-state index is -3.38. The Morgan fingerprint density at radius 2 is 2.04 bits per heavy atom. The third kappa shape index (κ3) is 3.53. The van der Waals surface area contributed by atoms with Crippen LogP contribution in [0.3, 0.4) is 0 Å².